The van der Waals surface area contributed by atoms with Crippen molar-refractivity contribution in [1.82, 2.24) is 15.1 Å². The van der Waals surface area contributed by atoms with E-state index >= 15 is 0 Å². The Kier molecular flexibility index (Phi) is 6.76. The molecule has 1 N–H and O–H groups in total. The van der Waals surface area contributed by atoms with E-state index in [1.807, 2.05) is 0 Å². The van der Waals surface area contributed by atoms with Gasteiger partial charge >= 0.3 is 0 Å². The molecule has 0 saturated carbocycles. The highest BCUT2D eigenvalue weighted by molar-refractivity contribution is 5.82. The Morgan fingerprint density at radius 3 is 2.80 bits per heavy atom. The van der Waals surface area contributed by atoms with Crippen LogP contribution in [0.15, 0.2) is 0 Å². The Morgan fingerprint density at radius 1 is 1.25 bits per heavy atom. The van der Waals surface area contributed by atoms with Crippen molar-refractivity contribution in [1.29, 1.82) is 0 Å². The summed E-state index contributed by atoms with van der Waals surface area (Å²) in [5.74, 6) is 0.312. The fourth-order valence-corrected chi connectivity index (χ4v) is 2.98. The van der Waals surface area contributed by atoms with Crippen LogP contribution in [0.5, 0.6) is 0 Å². The average Bonchev–Trinajstić information content (AvgIpc) is 2.49. The van der Waals surface area contributed by atoms with Gasteiger partial charge in [-0.05, 0) is 32.2 Å². The van der Waals surface area contributed by atoms with Crippen molar-refractivity contribution in [3.63, 3.8) is 0 Å². The zero-order valence-corrected chi connectivity index (χ0v) is 12.8. The maximum Gasteiger partial charge on any atom is 0.239 e. The Bertz CT molecular complexity index is 293. The lowest BCUT2D eigenvalue weighted by Gasteiger charge is -2.33. The molecule has 5 nitrogen and oxygen atoms in total. The summed E-state index contributed by atoms with van der Waals surface area (Å²) in [4.78, 5) is 16.8. The minimum atomic E-state index is 0.0621. The second-order valence-corrected chi connectivity index (χ2v) is 5.78. The molecule has 0 aromatic carbocycles. The van der Waals surface area contributed by atoms with Gasteiger partial charge in [0.05, 0.1) is 19.3 Å². The fraction of sp³-hybridized carbons (Fsp3) is 0.933. The van der Waals surface area contributed by atoms with E-state index in [0.717, 1.165) is 78.2 Å². The Labute approximate surface area is 122 Å². The number of amides is 1. The first kappa shape index (κ1) is 15.7. The number of likely N-dealkylation sites (tertiary alicyclic amines) is 1. The number of carbonyl (C=O) groups excluding carboxylic acids is 1. The van der Waals surface area contributed by atoms with Crippen molar-refractivity contribution in [2.75, 3.05) is 52.5 Å². The molecule has 0 bridgehead atoms. The van der Waals surface area contributed by atoms with Crippen LogP contribution in [0.1, 0.15) is 32.6 Å². The van der Waals surface area contributed by atoms with Crippen LogP contribution in [0, 0.1) is 0 Å². The van der Waals surface area contributed by atoms with Crippen molar-refractivity contribution in [3.8, 4) is 0 Å². The van der Waals surface area contributed by atoms with Crippen LogP contribution in [0.3, 0.4) is 0 Å². The van der Waals surface area contributed by atoms with Gasteiger partial charge in [-0.25, -0.2) is 0 Å². The molecule has 2 saturated heterocycles. The number of carbonyl (C=O) groups is 1. The molecule has 5 heteroatoms. The third kappa shape index (κ3) is 4.72. The topological polar surface area (TPSA) is 44.8 Å². The van der Waals surface area contributed by atoms with E-state index in [9.17, 15) is 4.79 Å². The highest BCUT2D eigenvalue weighted by Crippen LogP contribution is 2.12. The van der Waals surface area contributed by atoms with Crippen molar-refractivity contribution < 1.29 is 9.53 Å². The average molecular weight is 283 g/mol. The second-order valence-electron chi connectivity index (χ2n) is 5.78. The van der Waals surface area contributed by atoms with E-state index < -0.39 is 0 Å². The quantitative estimate of drug-likeness (QED) is 0.747. The third-order valence-corrected chi connectivity index (χ3v) is 4.18. The summed E-state index contributed by atoms with van der Waals surface area (Å²) in [6, 6.07) is 0.0621. The van der Waals surface area contributed by atoms with Crippen LogP contribution in [-0.2, 0) is 9.53 Å². The third-order valence-electron chi connectivity index (χ3n) is 4.18. The van der Waals surface area contributed by atoms with E-state index in [0.29, 0.717) is 5.91 Å². The van der Waals surface area contributed by atoms with E-state index in [1.165, 1.54) is 0 Å². The molecule has 1 unspecified atom stereocenters. The van der Waals surface area contributed by atoms with Gasteiger partial charge in [-0.2, -0.15) is 0 Å². The maximum absolute atomic E-state index is 12.3. The first-order chi connectivity index (χ1) is 9.81. The number of nitrogens with one attached hydrogen (secondary N) is 1. The van der Waals surface area contributed by atoms with Gasteiger partial charge in [-0.3, -0.25) is 9.69 Å². The highest BCUT2D eigenvalue weighted by Gasteiger charge is 2.27. The van der Waals surface area contributed by atoms with Crippen LogP contribution in [-0.4, -0.2) is 74.2 Å². The van der Waals surface area contributed by atoms with Crippen LogP contribution in [0.2, 0.25) is 0 Å². The lowest BCUT2D eigenvalue weighted by atomic mass is 10.0. The molecule has 1 atom stereocenters. The fourth-order valence-electron chi connectivity index (χ4n) is 2.98. The summed E-state index contributed by atoms with van der Waals surface area (Å²) < 4.78 is 5.35. The summed E-state index contributed by atoms with van der Waals surface area (Å²) in [5, 5.41) is 3.37. The summed E-state index contributed by atoms with van der Waals surface area (Å²) >= 11 is 0. The normalized spacial score (nSPS) is 25.1. The highest BCUT2D eigenvalue weighted by atomic mass is 16.5. The number of ether oxygens (including phenoxy) is 1. The minimum absolute atomic E-state index is 0.0621. The van der Waals surface area contributed by atoms with E-state index in [-0.39, 0.29) is 6.04 Å². The first-order valence-corrected chi connectivity index (χ1v) is 8.13. The van der Waals surface area contributed by atoms with Gasteiger partial charge in [0.2, 0.25) is 5.91 Å². The molecule has 1 amide bonds. The number of morpholine rings is 1. The minimum Gasteiger partial charge on any atom is -0.379 e. The Morgan fingerprint density at radius 2 is 2.05 bits per heavy atom. The predicted octanol–water partition coefficient (Wildman–Crippen LogP) is 0.699. The molecule has 20 heavy (non-hydrogen) atoms. The van der Waals surface area contributed by atoms with Crippen molar-refractivity contribution in [3.05, 3.63) is 0 Å². The molecular formula is C15H29N3O2. The lowest BCUT2D eigenvalue weighted by Crippen LogP contribution is -2.51. The van der Waals surface area contributed by atoms with Gasteiger partial charge in [-0.1, -0.05) is 6.92 Å². The predicted molar refractivity (Wildman–Crippen MR) is 79.8 cm³/mol. The van der Waals surface area contributed by atoms with E-state index in [1.54, 1.807) is 0 Å². The molecule has 2 aliphatic heterocycles. The van der Waals surface area contributed by atoms with Crippen LogP contribution in [0.25, 0.3) is 0 Å². The summed E-state index contributed by atoms with van der Waals surface area (Å²) in [6.07, 6.45) is 4.29. The molecule has 2 rings (SSSR count). The molecule has 2 heterocycles. The van der Waals surface area contributed by atoms with Crippen LogP contribution >= 0.6 is 0 Å². The number of hydrogen-bond donors (Lipinski definition) is 1. The smallest absolute Gasteiger partial charge is 0.239 e. The standard InChI is InChI=1S/C15H29N3O2/c1-2-6-16-14-5-3-8-18(15(14)19)9-4-7-17-10-12-20-13-11-17/h14,16H,2-13H2,1H3. The number of hydrogen-bond acceptors (Lipinski definition) is 4. The van der Waals surface area contributed by atoms with Crippen LogP contribution in [0.4, 0.5) is 0 Å². The first-order valence-electron chi connectivity index (χ1n) is 8.13. The zero-order chi connectivity index (χ0) is 14.2. The number of piperidine rings is 1. The van der Waals surface area contributed by atoms with Crippen LogP contribution < -0.4 is 5.32 Å². The second kappa shape index (κ2) is 8.60. The monoisotopic (exact) mass is 283 g/mol. The summed E-state index contributed by atoms with van der Waals surface area (Å²) in [6.45, 7) is 9.78. The molecule has 0 radical (unpaired) electrons. The number of rotatable bonds is 7. The molecule has 0 aromatic rings. The van der Waals surface area contributed by atoms with E-state index in [2.05, 4.69) is 22.0 Å². The lowest BCUT2D eigenvalue weighted by molar-refractivity contribution is -0.136. The molecule has 2 aliphatic rings. The molecule has 0 spiro atoms. The zero-order valence-electron chi connectivity index (χ0n) is 12.8. The Hall–Kier alpha value is -0.650. The van der Waals surface area contributed by atoms with Gasteiger partial charge in [0.1, 0.15) is 0 Å². The van der Waals surface area contributed by atoms with Crippen molar-refractivity contribution in [2.24, 2.45) is 0 Å². The summed E-state index contributed by atoms with van der Waals surface area (Å²) in [5.41, 5.74) is 0. The largest absolute Gasteiger partial charge is 0.379 e. The van der Waals surface area contributed by atoms with E-state index in [4.69, 9.17) is 4.74 Å². The van der Waals surface area contributed by atoms with Crippen molar-refractivity contribution >= 4 is 5.91 Å². The molecule has 2 fully saturated rings. The van der Waals surface area contributed by atoms with Gasteiger partial charge in [0.15, 0.2) is 0 Å². The Balaban J connectivity index is 1.67. The SMILES string of the molecule is CCCNC1CCCN(CCCN2CCOCC2)C1=O. The molecule has 0 aliphatic carbocycles. The summed E-state index contributed by atoms with van der Waals surface area (Å²) in [7, 11) is 0. The van der Waals surface area contributed by atoms with Gasteiger partial charge < -0.3 is 15.0 Å². The maximum atomic E-state index is 12.3. The molecule has 0 aromatic heterocycles. The molecular weight excluding hydrogens is 254 g/mol. The van der Waals surface area contributed by atoms with Gasteiger partial charge in [0.25, 0.3) is 0 Å². The number of nitrogens with zero attached hydrogens (tertiary/aromatic N) is 2. The van der Waals surface area contributed by atoms with Crippen molar-refractivity contribution in [2.45, 2.75) is 38.6 Å². The van der Waals surface area contributed by atoms with Gasteiger partial charge in [-0.15, -0.1) is 0 Å². The molecule has 116 valence electrons. The van der Waals surface area contributed by atoms with Gasteiger partial charge in [0, 0.05) is 32.7 Å².